The van der Waals surface area contributed by atoms with Gasteiger partial charge in [-0.3, -0.25) is 5.41 Å². The van der Waals surface area contributed by atoms with E-state index < -0.39 is 0 Å². The Morgan fingerprint density at radius 1 is 1.45 bits per heavy atom. The third-order valence-electron chi connectivity index (χ3n) is 1.45. The maximum Gasteiger partial charge on any atom is 0.155 e. The minimum atomic E-state index is 0.264. The number of imidazole rings is 1. The molecule has 11 heavy (non-hydrogen) atoms. The average molecular weight is 146 g/mol. The molecule has 0 amide bonds. The normalized spacial score (nSPS) is 15.6. The van der Waals surface area contributed by atoms with Crippen LogP contribution >= 0.6 is 0 Å². The number of aromatic amines is 1. The Balaban J connectivity index is 2.40. The van der Waals surface area contributed by atoms with Gasteiger partial charge in [0, 0.05) is 18.6 Å². The minimum Gasteiger partial charge on any atom is -0.345 e. The third kappa shape index (κ3) is 0.881. The van der Waals surface area contributed by atoms with Gasteiger partial charge >= 0.3 is 0 Å². The highest BCUT2D eigenvalue weighted by atomic mass is 14.9. The zero-order valence-corrected chi connectivity index (χ0v) is 5.70. The van der Waals surface area contributed by atoms with E-state index in [0.717, 1.165) is 5.57 Å². The summed E-state index contributed by atoms with van der Waals surface area (Å²) in [6.45, 7) is 0. The summed E-state index contributed by atoms with van der Waals surface area (Å²) in [6, 6.07) is 0. The van der Waals surface area contributed by atoms with Crippen molar-refractivity contribution in [2.45, 2.75) is 0 Å². The van der Waals surface area contributed by atoms with E-state index in [2.05, 4.69) is 15.0 Å². The quantitative estimate of drug-likeness (QED) is 0.606. The average Bonchev–Trinajstić information content (AvgIpc) is 2.55. The fraction of sp³-hybridized carbons (Fsp3) is 0. The van der Waals surface area contributed by atoms with Crippen molar-refractivity contribution in [1.29, 1.82) is 5.41 Å². The molecule has 0 radical (unpaired) electrons. The van der Waals surface area contributed by atoms with Crippen molar-refractivity contribution in [1.82, 2.24) is 9.97 Å². The molecule has 0 saturated heterocycles. The summed E-state index contributed by atoms with van der Waals surface area (Å²) in [5.41, 5.74) is 0.745. The number of hydrogen-bond donors (Lipinski definition) is 2. The van der Waals surface area contributed by atoms with Crippen LogP contribution in [-0.2, 0) is 0 Å². The van der Waals surface area contributed by atoms with E-state index in [4.69, 9.17) is 5.41 Å². The standard InChI is InChI=1S/C7H6N4/c8-6-5(1-2-9-6)7-10-3-4-11-7/h1-4,8H,(H,10,11). The van der Waals surface area contributed by atoms with Gasteiger partial charge < -0.3 is 4.98 Å². The number of aromatic nitrogens is 2. The van der Waals surface area contributed by atoms with Crippen molar-refractivity contribution >= 4 is 17.6 Å². The van der Waals surface area contributed by atoms with Crippen LogP contribution in [0.5, 0.6) is 0 Å². The smallest absolute Gasteiger partial charge is 0.155 e. The molecule has 0 bridgehead atoms. The zero-order chi connectivity index (χ0) is 7.68. The lowest BCUT2D eigenvalue weighted by molar-refractivity contribution is 1.25. The molecule has 0 atom stereocenters. The summed E-state index contributed by atoms with van der Waals surface area (Å²) in [5.74, 6) is 0.965. The molecule has 4 nitrogen and oxygen atoms in total. The molecule has 54 valence electrons. The van der Waals surface area contributed by atoms with E-state index in [-0.39, 0.29) is 5.84 Å². The fourth-order valence-corrected chi connectivity index (χ4v) is 0.938. The fourth-order valence-electron chi connectivity index (χ4n) is 0.938. The number of hydrogen-bond acceptors (Lipinski definition) is 2. The number of allylic oxidation sites excluding steroid dienone is 1. The molecule has 0 spiro atoms. The third-order valence-corrected chi connectivity index (χ3v) is 1.45. The molecule has 1 aliphatic heterocycles. The molecule has 2 rings (SSSR count). The predicted molar refractivity (Wildman–Crippen MR) is 42.8 cm³/mol. The molecule has 0 aliphatic carbocycles. The molecule has 0 aromatic carbocycles. The molecule has 4 heteroatoms. The first-order valence-electron chi connectivity index (χ1n) is 3.21. The molecular weight excluding hydrogens is 140 g/mol. The second-order valence-corrected chi connectivity index (χ2v) is 2.14. The van der Waals surface area contributed by atoms with E-state index >= 15 is 0 Å². The van der Waals surface area contributed by atoms with Crippen LogP contribution in [0.25, 0.3) is 5.57 Å². The lowest BCUT2D eigenvalue weighted by atomic mass is 10.2. The molecular formula is C7H6N4. The van der Waals surface area contributed by atoms with Crippen LogP contribution in [0, 0.1) is 5.41 Å². The SMILES string of the molecule is N=C1N=CC=C1c1ncc[nH]1. The Bertz CT molecular complexity index is 331. The first kappa shape index (κ1) is 6.03. The number of aliphatic imine (C=N–C) groups is 1. The first-order chi connectivity index (χ1) is 5.38. The van der Waals surface area contributed by atoms with Gasteiger partial charge in [-0.25, -0.2) is 9.98 Å². The van der Waals surface area contributed by atoms with Crippen molar-refractivity contribution in [2.75, 3.05) is 0 Å². The van der Waals surface area contributed by atoms with Crippen LogP contribution in [0.15, 0.2) is 23.5 Å². The minimum absolute atomic E-state index is 0.264. The Labute approximate surface area is 63.2 Å². The summed E-state index contributed by atoms with van der Waals surface area (Å²) < 4.78 is 0. The van der Waals surface area contributed by atoms with Crippen LogP contribution in [0.2, 0.25) is 0 Å². The van der Waals surface area contributed by atoms with Gasteiger partial charge in [0.1, 0.15) is 5.82 Å². The summed E-state index contributed by atoms with van der Waals surface area (Å²) in [6.07, 6.45) is 6.74. The highest BCUT2D eigenvalue weighted by molar-refractivity contribution is 6.29. The molecule has 1 aromatic heterocycles. The molecule has 0 fully saturated rings. The number of nitrogens with zero attached hydrogens (tertiary/aromatic N) is 2. The monoisotopic (exact) mass is 146 g/mol. The summed E-state index contributed by atoms with van der Waals surface area (Å²) in [4.78, 5) is 10.7. The van der Waals surface area contributed by atoms with Gasteiger partial charge in [0.15, 0.2) is 5.84 Å². The van der Waals surface area contributed by atoms with Crippen molar-refractivity contribution in [3.05, 3.63) is 24.3 Å². The van der Waals surface area contributed by atoms with E-state index in [0.29, 0.717) is 5.82 Å². The predicted octanol–water partition coefficient (Wildman–Crippen LogP) is 0.855. The van der Waals surface area contributed by atoms with Gasteiger partial charge in [-0.2, -0.15) is 0 Å². The maximum atomic E-state index is 7.36. The van der Waals surface area contributed by atoms with Gasteiger partial charge in [-0.1, -0.05) is 0 Å². The molecule has 2 N–H and O–H groups in total. The number of rotatable bonds is 1. The largest absolute Gasteiger partial charge is 0.345 e. The number of nitrogens with one attached hydrogen (secondary N) is 2. The van der Waals surface area contributed by atoms with Crippen LogP contribution in [0.3, 0.4) is 0 Å². The van der Waals surface area contributed by atoms with E-state index in [1.165, 1.54) is 0 Å². The van der Waals surface area contributed by atoms with Crippen LogP contribution in [-0.4, -0.2) is 22.0 Å². The zero-order valence-electron chi connectivity index (χ0n) is 5.70. The Kier molecular flexibility index (Phi) is 1.18. The van der Waals surface area contributed by atoms with E-state index in [9.17, 15) is 0 Å². The van der Waals surface area contributed by atoms with E-state index in [1.54, 1.807) is 24.7 Å². The van der Waals surface area contributed by atoms with Gasteiger partial charge in [0.2, 0.25) is 0 Å². The topological polar surface area (TPSA) is 64.9 Å². The summed E-state index contributed by atoms with van der Waals surface area (Å²) >= 11 is 0. The summed E-state index contributed by atoms with van der Waals surface area (Å²) in [7, 11) is 0. The highest BCUT2D eigenvalue weighted by Crippen LogP contribution is 2.13. The molecule has 1 aromatic rings. The lowest BCUT2D eigenvalue weighted by Gasteiger charge is -1.93. The summed E-state index contributed by atoms with van der Waals surface area (Å²) in [5, 5.41) is 7.36. The van der Waals surface area contributed by atoms with Crippen LogP contribution in [0.4, 0.5) is 0 Å². The van der Waals surface area contributed by atoms with Gasteiger partial charge in [-0.05, 0) is 6.08 Å². The Morgan fingerprint density at radius 2 is 2.36 bits per heavy atom. The maximum absolute atomic E-state index is 7.36. The molecule has 2 heterocycles. The van der Waals surface area contributed by atoms with Gasteiger partial charge in [0.05, 0.1) is 5.57 Å². The van der Waals surface area contributed by atoms with Crippen LogP contribution < -0.4 is 0 Å². The van der Waals surface area contributed by atoms with Gasteiger partial charge in [0.25, 0.3) is 0 Å². The van der Waals surface area contributed by atoms with Crippen molar-refractivity contribution < 1.29 is 0 Å². The number of amidine groups is 1. The van der Waals surface area contributed by atoms with Crippen molar-refractivity contribution in [3.8, 4) is 0 Å². The second kappa shape index (κ2) is 2.16. The molecule has 1 aliphatic rings. The van der Waals surface area contributed by atoms with Crippen LogP contribution in [0.1, 0.15) is 5.82 Å². The van der Waals surface area contributed by atoms with E-state index in [1.807, 2.05) is 0 Å². The second-order valence-electron chi connectivity index (χ2n) is 2.14. The van der Waals surface area contributed by atoms with Gasteiger partial charge in [-0.15, -0.1) is 0 Å². The first-order valence-corrected chi connectivity index (χ1v) is 3.21. The molecule has 0 unspecified atom stereocenters. The molecule has 0 saturated carbocycles. The lowest BCUT2D eigenvalue weighted by Crippen LogP contribution is -1.94. The number of H-pyrrole nitrogens is 1. The Hall–Kier alpha value is -1.71. The Morgan fingerprint density at radius 3 is 2.91 bits per heavy atom. The van der Waals surface area contributed by atoms with Crippen molar-refractivity contribution in [3.63, 3.8) is 0 Å². The highest BCUT2D eigenvalue weighted by Gasteiger charge is 2.11. The van der Waals surface area contributed by atoms with Crippen molar-refractivity contribution in [2.24, 2.45) is 4.99 Å².